The number of aromatic amines is 1. The molecule has 1 aromatic heterocycles. The Hall–Kier alpha value is -2.17. The number of non-ortho nitro benzene ring substituents is 1. The highest BCUT2D eigenvalue weighted by Gasteiger charge is 2.18. The molecule has 5 nitrogen and oxygen atoms in total. The third-order valence-corrected chi connectivity index (χ3v) is 4.22. The Morgan fingerprint density at radius 2 is 1.90 bits per heavy atom. The lowest BCUT2D eigenvalue weighted by atomic mass is 9.87. The molecule has 0 unspecified atom stereocenters. The lowest BCUT2D eigenvalue weighted by molar-refractivity contribution is -0.384. The Labute approximate surface area is 123 Å². The molecule has 3 rings (SSSR count). The van der Waals surface area contributed by atoms with Gasteiger partial charge >= 0.3 is 0 Å². The summed E-state index contributed by atoms with van der Waals surface area (Å²) in [4.78, 5) is 10.3. The molecule has 2 aromatic rings. The summed E-state index contributed by atoms with van der Waals surface area (Å²) in [5.41, 5.74) is 3.43. The molecule has 0 radical (unpaired) electrons. The molecule has 1 saturated carbocycles. The van der Waals surface area contributed by atoms with Crippen LogP contribution in [-0.2, 0) is 6.42 Å². The Morgan fingerprint density at radius 3 is 2.57 bits per heavy atom. The molecule has 1 aliphatic rings. The van der Waals surface area contributed by atoms with E-state index in [2.05, 4.69) is 16.3 Å². The molecule has 5 heteroatoms. The fourth-order valence-corrected chi connectivity index (χ4v) is 3.03. The number of nitro groups is 1. The number of benzene rings is 1. The number of aromatic nitrogens is 2. The minimum absolute atomic E-state index is 0.131. The van der Waals surface area contributed by atoms with Crippen molar-refractivity contribution in [3.05, 3.63) is 57.4 Å². The number of nitrogens with one attached hydrogen (secondary N) is 1. The van der Waals surface area contributed by atoms with Gasteiger partial charge in [0.15, 0.2) is 0 Å². The average molecular weight is 285 g/mol. The predicted octanol–water partition coefficient (Wildman–Crippen LogP) is 3.96. The second kappa shape index (κ2) is 6.08. The molecule has 110 valence electrons. The Morgan fingerprint density at radius 1 is 1.19 bits per heavy atom. The van der Waals surface area contributed by atoms with Gasteiger partial charge in [-0.1, -0.05) is 31.4 Å². The largest absolute Gasteiger partial charge is 0.282 e. The molecule has 0 aliphatic heterocycles. The Kier molecular flexibility index (Phi) is 3.99. The van der Waals surface area contributed by atoms with Gasteiger partial charge in [0.1, 0.15) is 0 Å². The number of nitro benzene ring substituents is 1. The van der Waals surface area contributed by atoms with Gasteiger partial charge < -0.3 is 0 Å². The predicted molar refractivity (Wildman–Crippen MR) is 80.3 cm³/mol. The van der Waals surface area contributed by atoms with Crippen LogP contribution in [0.5, 0.6) is 0 Å². The lowest BCUT2D eigenvalue weighted by Crippen LogP contribution is -2.04. The molecule has 0 saturated heterocycles. The van der Waals surface area contributed by atoms with E-state index in [9.17, 15) is 10.1 Å². The summed E-state index contributed by atoms with van der Waals surface area (Å²) in [6.07, 6.45) is 7.16. The van der Waals surface area contributed by atoms with E-state index in [1.54, 1.807) is 24.3 Å². The standard InChI is InChI=1S/C16H19N3O2/c20-19(21)15-8-6-12(7-9-15)10-14-11-16(18-17-14)13-4-2-1-3-5-13/h6-9,11,13H,1-5,10H2,(H,17,18). The highest BCUT2D eigenvalue weighted by molar-refractivity contribution is 5.34. The molecule has 1 aliphatic carbocycles. The zero-order chi connectivity index (χ0) is 14.7. The van der Waals surface area contributed by atoms with Gasteiger partial charge in [0.25, 0.3) is 5.69 Å². The second-order valence-electron chi connectivity index (χ2n) is 5.75. The van der Waals surface area contributed by atoms with Crippen molar-refractivity contribution >= 4 is 5.69 Å². The summed E-state index contributed by atoms with van der Waals surface area (Å²) in [6.45, 7) is 0. The van der Waals surface area contributed by atoms with Crippen molar-refractivity contribution in [1.29, 1.82) is 0 Å². The summed E-state index contributed by atoms with van der Waals surface area (Å²) >= 11 is 0. The molecule has 0 bridgehead atoms. The van der Waals surface area contributed by atoms with Crippen LogP contribution in [0, 0.1) is 10.1 Å². The van der Waals surface area contributed by atoms with E-state index in [4.69, 9.17) is 0 Å². The summed E-state index contributed by atoms with van der Waals surface area (Å²) < 4.78 is 0. The SMILES string of the molecule is O=[N+]([O-])c1ccc(Cc2cc(C3CCCCC3)n[nH]2)cc1. The van der Waals surface area contributed by atoms with Crippen LogP contribution >= 0.6 is 0 Å². The van der Waals surface area contributed by atoms with Crippen molar-refractivity contribution in [2.24, 2.45) is 0 Å². The van der Waals surface area contributed by atoms with E-state index >= 15 is 0 Å². The number of nitrogens with zero attached hydrogens (tertiary/aromatic N) is 2. The molecular formula is C16H19N3O2. The average Bonchev–Trinajstić information content (AvgIpc) is 2.97. The Balaban J connectivity index is 1.67. The third kappa shape index (κ3) is 3.29. The van der Waals surface area contributed by atoms with E-state index in [1.807, 2.05) is 0 Å². The fraction of sp³-hybridized carbons (Fsp3) is 0.438. The van der Waals surface area contributed by atoms with Crippen molar-refractivity contribution in [1.82, 2.24) is 10.2 Å². The summed E-state index contributed by atoms with van der Waals surface area (Å²) in [6, 6.07) is 8.86. The number of hydrogen-bond donors (Lipinski definition) is 1. The van der Waals surface area contributed by atoms with Crippen LogP contribution in [0.2, 0.25) is 0 Å². The first-order valence-corrected chi connectivity index (χ1v) is 7.50. The van der Waals surface area contributed by atoms with Crippen LogP contribution < -0.4 is 0 Å². The van der Waals surface area contributed by atoms with Gasteiger partial charge in [0, 0.05) is 30.2 Å². The van der Waals surface area contributed by atoms with Crippen molar-refractivity contribution in [3.63, 3.8) is 0 Å². The smallest absolute Gasteiger partial charge is 0.269 e. The molecule has 21 heavy (non-hydrogen) atoms. The monoisotopic (exact) mass is 285 g/mol. The minimum atomic E-state index is -0.374. The van der Waals surface area contributed by atoms with Crippen LogP contribution in [0.15, 0.2) is 30.3 Å². The molecular weight excluding hydrogens is 266 g/mol. The molecule has 0 spiro atoms. The highest BCUT2D eigenvalue weighted by atomic mass is 16.6. The summed E-state index contributed by atoms with van der Waals surface area (Å²) in [7, 11) is 0. The van der Waals surface area contributed by atoms with Crippen molar-refractivity contribution < 1.29 is 4.92 Å². The maximum Gasteiger partial charge on any atom is 0.269 e. The Bertz CT molecular complexity index is 613. The van der Waals surface area contributed by atoms with Crippen LogP contribution in [0.4, 0.5) is 5.69 Å². The van der Waals surface area contributed by atoms with E-state index in [1.165, 1.54) is 37.8 Å². The van der Waals surface area contributed by atoms with E-state index in [0.717, 1.165) is 17.7 Å². The fourth-order valence-electron chi connectivity index (χ4n) is 3.03. The first-order chi connectivity index (χ1) is 10.2. The molecule has 1 aromatic carbocycles. The van der Waals surface area contributed by atoms with E-state index in [0.29, 0.717) is 5.92 Å². The third-order valence-electron chi connectivity index (χ3n) is 4.22. The van der Waals surface area contributed by atoms with Crippen LogP contribution in [0.25, 0.3) is 0 Å². The first-order valence-electron chi connectivity index (χ1n) is 7.50. The molecule has 1 N–H and O–H groups in total. The maximum absolute atomic E-state index is 10.6. The normalized spacial score (nSPS) is 16.0. The minimum Gasteiger partial charge on any atom is -0.282 e. The van der Waals surface area contributed by atoms with Crippen molar-refractivity contribution in [2.45, 2.75) is 44.4 Å². The van der Waals surface area contributed by atoms with E-state index in [-0.39, 0.29) is 10.6 Å². The zero-order valence-corrected chi connectivity index (χ0v) is 11.9. The zero-order valence-electron chi connectivity index (χ0n) is 11.9. The van der Waals surface area contributed by atoms with Crippen LogP contribution in [0.3, 0.4) is 0 Å². The van der Waals surface area contributed by atoms with Gasteiger partial charge in [-0.25, -0.2) is 0 Å². The topological polar surface area (TPSA) is 71.8 Å². The second-order valence-corrected chi connectivity index (χ2v) is 5.75. The van der Waals surface area contributed by atoms with Gasteiger partial charge in [-0.05, 0) is 24.5 Å². The van der Waals surface area contributed by atoms with Gasteiger partial charge in [0.2, 0.25) is 0 Å². The first kappa shape index (κ1) is 13.8. The number of rotatable bonds is 4. The van der Waals surface area contributed by atoms with Crippen LogP contribution in [-0.4, -0.2) is 15.1 Å². The molecule has 0 amide bonds. The summed E-state index contributed by atoms with van der Waals surface area (Å²) in [5.74, 6) is 0.598. The molecule has 1 fully saturated rings. The summed E-state index contributed by atoms with van der Waals surface area (Å²) in [5, 5.41) is 18.2. The van der Waals surface area contributed by atoms with E-state index < -0.39 is 0 Å². The van der Waals surface area contributed by atoms with Gasteiger partial charge in [0.05, 0.1) is 10.6 Å². The van der Waals surface area contributed by atoms with Gasteiger partial charge in [-0.15, -0.1) is 0 Å². The van der Waals surface area contributed by atoms with Crippen LogP contribution in [0.1, 0.15) is 55.0 Å². The van der Waals surface area contributed by atoms with Crippen molar-refractivity contribution in [3.8, 4) is 0 Å². The lowest BCUT2D eigenvalue weighted by Gasteiger charge is -2.19. The maximum atomic E-state index is 10.6. The number of H-pyrrole nitrogens is 1. The van der Waals surface area contributed by atoms with Gasteiger partial charge in [-0.2, -0.15) is 5.10 Å². The molecule has 1 heterocycles. The molecule has 0 atom stereocenters. The quantitative estimate of drug-likeness (QED) is 0.682. The van der Waals surface area contributed by atoms with Gasteiger partial charge in [-0.3, -0.25) is 15.2 Å². The highest BCUT2D eigenvalue weighted by Crippen LogP contribution is 2.31. The number of hydrogen-bond acceptors (Lipinski definition) is 3. The van der Waals surface area contributed by atoms with Crippen molar-refractivity contribution in [2.75, 3.05) is 0 Å².